The molecule has 2 aliphatic heterocycles. The predicted molar refractivity (Wildman–Crippen MR) is 102 cm³/mol. The maximum absolute atomic E-state index is 12.8. The molecule has 0 aromatic heterocycles. The number of nitrogens with zero attached hydrogens (tertiary/aromatic N) is 2. The van der Waals surface area contributed by atoms with Crippen LogP contribution in [0, 0.1) is 13.8 Å². The molecule has 0 radical (unpaired) electrons. The van der Waals surface area contributed by atoms with Gasteiger partial charge in [-0.15, -0.1) is 0 Å². The topological polar surface area (TPSA) is 57.7 Å². The Kier molecular flexibility index (Phi) is 4.27. The maximum Gasteiger partial charge on any atom is 0.263 e. The molecule has 0 saturated carbocycles. The number of benzene rings is 2. The highest BCUT2D eigenvalue weighted by Crippen LogP contribution is 2.32. The van der Waals surface area contributed by atoms with E-state index in [2.05, 4.69) is 0 Å². The van der Waals surface area contributed by atoms with Crippen LogP contribution >= 0.6 is 11.6 Å². The van der Waals surface area contributed by atoms with Crippen molar-refractivity contribution in [3.05, 3.63) is 69.2 Å². The first-order valence-corrected chi connectivity index (χ1v) is 9.29. The molecule has 4 rings (SSSR count). The van der Waals surface area contributed by atoms with Crippen molar-refractivity contribution in [1.29, 1.82) is 0 Å². The minimum Gasteiger partial charge on any atom is -0.336 e. The molecular weight excluding hydrogens is 364 g/mol. The van der Waals surface area contributed by atoms with E-state index in [1.807, 2.05) is 32.0 Å². The van der Waals surface area contributed by atoms with Crippen molar-refractivity contribution in [2.24, 2.45) is 0 Å². The first-order valence-electron chi connectivity index (χ1n) is 8.91. The average molecular weight is 383 g/mol. The molecule has 138 valence electrons. The molecule has 2 aromatic rings. The van der Waals surface area contributed by atoms with Gasteiger partial charge in [-0.25, -0.2) is 0 Å². The van der Waals surface area contributed by atoms with Crippen LogP contribution in [0.15, 0.2) is 36.4 Å². The number of aryl methyl sites for hydroxylation is 2. The van der Waals surface area contributed by atoms with E-state index in [4.69, 9.17) is 11.6 Å². The summed E-state index contributed by atoms with van der Waals surface area (Å²) in [7, 11) is 0. The Labute approximate surface area is 162 Å². The lowest BCUT2D eigenvalue weighted by atomic mass is 10.1. The summed E-state index contributed by atoms with van der Waals surface area (Å²) in [5.74, 6) is -0.774. The molecule has 2 aliphatic rings. The number of halogens is 1. The van der Waals surface area contributed by atoms with Crippen LogP contribution in [0.3, 0.4) is 0 Å². The lowest BCUT2D eigenvalue weighted by molar-refractivity contribution is 0.0575. The van der Waals surface area contributed by atoms with Gasteiger partial charge in [0.05, 0.1) is 22.2 Å². The third-order valence-electron chi connectivity index (χ3n) is 5.47. The minimum atomic E-state index is -0.369. The van der Waals surface area contributed by atoms with Gasteiger partial charge >= 0.3 is 0 Å². The molecule has 27 heavy (non-hydrogen) atoms. The fourth-order valence-electron chi connectivity index (χ4n) is 3.79. The molecule has 1 unspecified atom stereocenters. The molecular formula is C21H19ClN2O3. The molecule has 0 N–H and O–H groups in total. The molecule has 0 spiro atoms. The summed E-state index contributed by atoms with van der Waals surface area (Å²) in [5.41, 5.74) is 3.43. The third-order valence-corrected chi connectivity index (χ3v) is 5.78. The van der Waals surface area contributed by atoms with Crippen LogP contribution in [0.25, 0.3) is 0 Å². The molecule has 2 aromatic carbocycles. The van der Waals surface area contributed by atoms with E-state index in [1.54, 1.807) is 23.1 Å². The summed E-state index contributed by atoms with van der Waals surface area (Å²) >= 11 is 6.12. The number of rotatable bonds is 2. The fourth-order valence-corrected chi connectivity index (χ4v) is 4.04. The van der Waals surface area contributed by atoms with Gasteiger partial charge in [0.25, 0.3) is 17.7 Å². The van der Waals surface area contributed by atoms with Crippen LogP contribution < -0.4 is 0 Å². The number of hydrogen-bond acceptors (Lipinski definition) is 3. The van der Waals surface area contributed by atoms with Gasteiger partial charge in [-0.3, -0.25) is 19.3 Å². The SMILES string of the molecule is Cc1ccc(C(=O)N2CCC(N3C(=O)c4cccc(Cl)c4C3=O)C2)cc1C. The zero-order valence-electron chi connectivity index (χ0n) is 15.2. The van der Waals surface area contributed by atoms with E-state index in [-0.39, 0.29) is 34.3 Å². The van der Waals surface area contributed by atoms with Crippen LogP contribution in [0.4, 0.5) is 0 Å². The van der Waals surface area contributed by atoms with Gasteiger partial charge in [-0.05, 0) is 55.7 Å². The standard InChI is InChI=1S/C21H19ClN2O3/c1-12-6-7-14(10-13(12)2)19(25)23-9-8-15(11-23)24-20(26)16-4-3-5-17(22)18(16)21(24)27/h3-7,10,15H,8-9,11H2,1-2H3. The summed E-state index contributed by atoms with van der Waals surface area (Å²) in [6, 6.07) is 10.2. The average Bonchev–Trinajstić information content (AvgIpc) is 3.21. The largest absolute Gasteiger partial charge is 0.336 e. The van der Waals surface area contributed by atoms with E-state index in [0.29, 0.717) is 30.6 Å². The van der Waals surface area contributed by atoms with Crippen LogP contribution in [0.2, 0.25) is 5.02 Å². The molecule has 0 bridgehead atoms. The summed E-state index contributed by atoms with van der Waals surface area (Å²) < 4.78 is 0. The minimum absolute atomic E-state index is 0.0739. The highest BCUT2D eigenvalue weighted by molar-refractivity contribution is 6.37. The van der Waals surface area contributed by atoms with Gasteiger partial charge in [0, 0.05) is 18.7 Å². The highest BCUT2D eigenvalue weighted by Gasteiger charge is 2.44. The summed E-state index contributed by atoms with van der Waals surface area (Å²) in [6.45, 7) is 4.83. The van der Waals surface area contributed by atoms with Crippen LogP contribution in [-0.4, -0.2) is 46.7 Å². The van der Waals surface area contributed by atoms with Crippen LogP contribution in [-0.2, 0) is 0 Å². The Morgan fingerprint density at radius 1 is 1.07 bits per heavy atom. The van der Waals surface area contributed by atoms with E-state index in [1.165, 1.54) is 4.90 Å². The number of likely N-dealkylation sites (tertiary alicyclic amines) is 1. The summed E-state index contributed by atoms with van der Waals surface area (Å²) in [5, 5.41) is 0.286. The third kappa shape index (κ3) is 2.82. The summed E-state index contributed by atoms with van der Waals surface area (Å²) in [4.78, 5) is 41.3. The Balaban J connectivity index is 1.54. The highest BCUT2D eigenvalue weighted by atomic mass is 35.5. The number of hydrogen-bond donors (Lipinski definition) is 0. The van der Waals surface area contributed by atoms with Crippen LogP contribution in [0.5, 0.6) is 0 Å². The van der Waals surface area contributed by atoms with E-state index in [0.717, 1.165) is 11.1 Å². The molecule has 1 saturated heterocycles. The smallest absolute Gasteiger partial charge is 0.263 e. The molecule has 5 nitrogen and oxygen atoms in total. The van der Waals surface area contributed by atoms with Crippen molar-refractivity contribution < 1.29 is 14.4 Å². The zero-order chi connectivity index (χ0) is 19.3. The molecule has 0 aliphatic carbocycles. The first kappa shape index (κ1) is 17.7. The van der Waals surface area contributed by atoms with Gasteiger partial charge in [0.1, 0.15) is 0 Å². The second-order valence-electron chi connectivity index (χ2n) is 7.14. The zero-order valence-corrected chi connectivity index (χ0v) is 15.9. The van der Waals surface area contributed by atoms with Gasteiger partial charge in [-0.2, -0.15) is 0 Å². The van der Waals surface area contributed by atoms with Crippen molar-refractivity contribution >= 4 is 29.3 Å². The molecule has 2 heterocycles. The van der Waals surface area contributed by atoms with Crippen molar-refractivity contribution in [3.8, 4) is 0 Å². The molecule has 1 atom stereocenters. The van der Waals surface area contributed by atoms with E-state index < -0.39 is 0 Å². The van der Waals surface area contributed by atoms with E-state index >= 15 is 0 Å². The molecule has 3 amide bonds. The molecule has 6 heteroatoms. The normalized spacial score (nSPS) is 19.0. The Hall–Kier alpha value is -2.66. The number of carbonyl (C=O) groups excluding carboxylic acids is 3. The summed E-state index contributed by atoms with van der Waals surface area (Å²) in [6.07, 6.45) is 0.569. The Bertz CT molecular complexity index is 985. The Morgan fingerprint density at radius 3 is 2.56 bits per heavy atom. The van der Waals surface area contributed by atoms with Crippen molar-refractivity contribution in [2.75, 3.05) is 13.1 Å². The second-order valence-corrected chi connectivity index (χ2v) is 7.54. The number of carbonyl (C=O) groups is 3. The van der Waals surface area contributed by atoms with Crippen molar-refractivity contribution in [1.82, 2.24) is 9.80 Å². The molecule has 1 fully saturated rings. The monoisotopic (exact) mass is 382 g/mol. The second kappa shape index (κ2) is 6.50. The number of imide groups is 1. The van der Waals surface area contributed by atoms with Crippen molar-refractivity contribution in [2.45, 2.75) is 26.3 Å². The quantitative estimate of drug-likeness (QED) is 0.747. The van der Waals surface area contributed by atoms with Gasteiger partial charge < -0.3 is 4.90 Å². The van der Waals surface area contributed by atoms with Crippen molar-refractivity contribution in [3.63, 3.8) is 0 Å². The lowest BCUT2D eigenvalue weighted by Crippen LogP contribution is -2.42. The lowest BCUT2D eigenvalue weighted by Gasteiger charge is -2.23. The van der Waals surface area contributed by atoms with E-state index in [9.17, 15) is 14.4 Å². The number of fused-ring (bicyclic) bond motifs is 1. The maximum atomic E-state index is 12.8. The van der Waals surface area contributed by atoms with Gasteiger partial charge in [0.15, 0.2) is 0 Å². The fraction of sp³-hybridized carbons (Fsp3) is 0.286. The van der Waals surface area contributed by atoms with Gasteiger partial charge in [-0.1, -0.05) is 23.7 Å². The van der Waals surface area contributed by atoms with Crippen LogP contribution in [0.1, 0.15) is 48.6 Å². The van der Waals surface area contributed by atoms with Gasteiger partial charge in [0.2, 0.25) is 0 Å². The Morgan fingerprint density at radius 2 is 1.85 bits per heavy atom. The predicted octanol–water partition coefficient (Wildman–Crippen LogP) is 3.47. The number of amides is 3. The first-order chi connectivity index (χ1) is 12.9.